The molecule has 7 nitrogen and oxygen atoms in total. The number of carbonyl (C=O) groups excluding carboxylic acids is 1. The average Bonchev–Trinajstić information content (AvgIpc) is 3.20. The number of rotatable bonds is 5. The van der Waals surface area contributed by atoms with Gasteiger partial charge in [0.15, 0.2) is 5.69 Å². The van der Waals surface area contributed by atoms with Crippen molar-refractivity contribution in [2.75, 3.05) is 5.32 Å². The molecule has 0 unspecified atom stereocenters. The zero-order valence-corrected chi connectivity index (χ0v) is 12.6. The minimum Gasteiger partial charge on any atom is -0.406 e. The van der Waals surface area contributed by atoms with Crippen LogP contribution in [0, 0.1) is 0 Å². The predicted octanol–water partition coefficient (Wildman–Crippen LogP) is 2.74. The number of ether oxygens (including phenoxy) is 1. The smallest absolute Gasteiger partial charge is 0.406 e. The van der Waals surface area contributed by atoms with Crippen LogP contribution < -0.4 is 10.1 Å². The summed E-state index contributed by atoms with van der Waals surface area (Å²) in [5, 5.41) is 10.7. The zero-order valence-electron chi connectivity index (χ0n) is 12.6. The first-order chi connectivity index (χ1) is 11.9. The summed E-state index contributed by atoms with van der Waals surface area (Å²) in [7, 11) is 0. The maximum atomic E-state index is 12.1. The average molecular weight is 351 g/mol. The Morgan fingerprint density at radius 3 is 2.52 bits per heavy atom. The molecular weight excluding hydrogens is 339 g/mol. The number of alkyl halides is 3. The second-order valence-corrected chi connectivity index (χ2v) is 4.95. The Balaban J connectivity index is 1.61. The second-order valence-electron chi connectivity index (χ2n) is 4.95. The van der Waals surface area contributed by atoms with Gasteiger partial charge in [0.2, 0.25) is 0 Å². The van der Waals surface area contributed by atoms with Crippen LogP contribution in [0.3, 0.4) is 0 Å². The van der Waals surface area contributed by atoms with Crippen molar-refractivity contribution in [1.82, 2.24) is 19.6 Å². The molecule has 0 saturated carbocycles. The van der Waals surface area contributed by atoms with Gasteiger partial charge in [0.05, 0.1) is 0 Å². The van der Waals surface area contributed by atoms with Crippen molar-refractivity contribution in [2.45, 2.75) is 13.0 Å². The highest BCUT2D eigenvalue weighted by Crippen LogP contribution is 2.24. The number of amides is 1. The van der Waals surface area contributed by atoms with Crippen molar-refractivity contribution in [3.63, 3.8) is 0 Å². The van der Waals surface area contributed by atoms with Crippen LogP contribution in [-0.2, 0) is 6.67 Å². The van der Waals surface area contributed by atoms with Gasteiger partial charge in [-0.05, 0) is 36.4 Å². The summed E-state index contributed by atoms with van der Waals surface area (Å²) < 4.78 is 43.2. The second kappa shape index (κ2) is 6.67. The van der Waals surface area contributed by atoms with Crippen LogP contribution in [0.15, 0.2) is 55.0 Å². The lowest BCUT2D eigenvalue weighted by molar-refractivity contribution is -0.274. The number of anilines is 1. The molecule has 0 atom stereocenters. The summed E-state index contributed by atoms with van der Waals surface area (Å²) in [6.45, 7) is 0.351. The fourth-order valence-electron chi connectivity index (χ4n) is 2.03. The first kappa shape index (κ1) is 16.6. The Bertz CT molecular complexity index is 841. The Kier molecular flexibility index (Phi) is 4.42. The number of nitrogens with one attached hydrogen (secondary N) is 1. The van der Waals surface area contributed by atoms with E-state index < -0.39 is 12.3 Å². The molecule has 0 fully saturated rings. The third kappa shape index (κ3) is 4.59. The van der Waals surface area contributed by atoms with Gasteiger partial charge in [-0.2, -0.15) is 10.2 Å². The first-order valence-electron chi connectivity index (χ1n) is 7.07. The molecule has 0 bridgehead atoms. The van der Waals surface area contributed by atoms with Crippen LogP contribution in [0.1, 0.15) is 10.5 Å². The quantitative estimate of drug-likeness (QED) is 0.767. The van der Waals surface area contributed by atoms with Gasteiger partial charge in [0.1, 0.15) is 12.4 Å². The molecule has 130 valence electrons. The van der Waals surface area contributed by atoms with Gasteiger partial charge in [-0.15, -0.1) is 13.2 Å². The van der Waals surface area contributed by atoms with Crippen LogP contribution in [0.25, 0.3) is 0 Å². The number of hydrogen-bond acceptors (Lipinski definition) is 4. The van der Waals surface area contributed by atoms with E-state index in [0.29, 0.717) is 12.4 Å². The molecule has 0 aliphatic carbocycles. The Morgan fingerprint density at radius 2 is 1.88 bits per heavy atom. The van der Waals surface area contributed by atoms with Gasteiger partial charge >= 0.3 is 6.36 Å². The standard InChI is InChI=1S/C15H12F3N5O2/c16-15(17,18)25-12-4-2-11(3-5-12)20-14(24)13-6-9-23(21-13)10-22-8-1-7-19-22/h1-9H,10H2,(H,20,24). The molecule has 0 radical (unpaired) electrons. The van der Waals surface area contributed by atoms with Crippen LogP contribution in [-0.4, -0.2) is 31.8 Å². The molecule has 0 aliphatic rings. The molecule has 2 aromatic heterocycles. The molecule has 10 heteroatoms. The van der Waals surface area contributed by atoms with Crippen LogP contribution >= 0.6 is 0 Å². The van der Waals surface area contributed by atoms with Gasteiger partial charge in [-0.1, -0.05) is 0 Å². The highest BCUT2D eigenvalue weighted by Gasteiger charge is 2.30. The van der Waals surface area contributed by atoms with E-state index in [9.17, 15) is 18.0 Å². The van der Waals surface area contributed by atoms with Gasteiger partial charge < -0.3 is 10.1 Å². The molecule has 1 amide bonds. The molecule has 0 aliphatic heterocycles. The Labute approximate surface area is 139 Å². The number of nitrogens with zero attached hydrogens (tertiary/aromatic N) is 4. The minimum absolute atomic E-state index is 0.169. The van der Waals surface area contributed by atoms with Gasteiger partial charge in [-0.25, -0.2) is 0 Å². The lowest BCUT2D eigenvalue weighted by atomic mass is 10.3. The lowest BCUT2D eigenvalue weighted by Crippen LogP contribution is -2.17. The minimum atomic E-state index is -4.76. The zero-order chi connectivity index (χ0) is 17.9. The summed E-state index contributed by atoms with van der Waals surface area (Å²) in [6, 6.07) is 8.13. The largest absolute Gasteiger partial charge is 0.573 e. The van der Waals surface area contributed by atoms with E-state index in [1.807, 2.05) is 0 Å². The number of aromatic nitrogens is 4. The normalized spacial score (nSPS) is 11.3. The molecule has 3 rings (SSSR count). The van der Waals surface area contributed by atoms with Crippen LogP contribution in [0.2, 0.25) is 0 Å². The van der Waals surface area contributed by atoms with Gasteiger partial charge in [0, 0.05) is 24.3 Å². The number of halogens is 3. The van der Waals surface area contributed by atoms with Crippen molar-refractivity contribution in [3.05, 3.63) is 60.7 Å². The van der Waals surface area contributed by atoms with E-state index in [-0.39, 0.29) is 11.4 Å². The number of hydrogen-bond donors (Lipinski definition) is 1. The summed E-state index contributed by atoms with van der Waals surface area (Å²) in [4.78, 5) is 12.1. The van der Waals surface area contributed by atoms with Gasteiger partial charge in [-0.3, -0.25) is 14.2 Å². The molecule has 1 aromatic carbocycles. The molecule has 0 spiro atoms. The van der Waals surface area contributed by atoms with E-state index in [0.717, 1.165) is 12.1 Å². The molecule has 25 heavy (non-hydrogen) atoms. The van der Waals surface area contributed by atoms with Crippen LogP contribution in [0.4, 0.5) is 18.9 Å². The van der Waals surface area contributed by atoms with E-state index in [1.54, 1.807) is 29.3 Å². The topological polar surface area (TPSA) is 74.0 Å². The van der Waals surface area contributed by atoms with E-state index >= 15 is 0 Å². The lowest BCUT2D eigenvalue weighted by Gasteiger charge is -2.09. The maximum Gasteiger partial charge on any atom is 0.573 e. The van der Waals surface area contributed by atoms with Crippen molar-refractivity contribution in [2.24, 2.45) is 0 Å². The fourth-order valence-corrected chi connectivity index (χ4v) is 2.03. The van der Waals surface area contributed by atoms with Crippen molar-refractivity contribution >= 4 is 11.6 Å². The van der Waals surface area contributed by atoms with Gasteiger partial charge in [0.25, 0.3) is 5.91 Å². The number of carbonyl (C=O) groups is 1. The maximum absolute atomic E-state index is 12.1. The molecular formula is C15H12F3N5O2. The summed E-state index contributed by atoms with van der Waals surface area (Å²) in [6.07, 6.45) is 0.248. The van der Waals surface area contributed by atoms with Crippen molar-refractivity contribution in [3.8, 4) is 5.75 Å². The third-order valence-electron chi connectivity index (χ3n) is 3.07. The molecule has 0 saturated heterocycles. The predicted molar refractivity (Wildman–Crippen MR) is 80.9 cm³/mol. The SMILES string of the molecule is O=C(Nc1ccc(OC(F)(F)F)cc1)c1ccn(Cn2cccn2)n1. The Hall–Kier alpha value is -3.30. The van der Waals surface area contributed by atoms with Crippen molar-refractivity contribution < 1.29 is 22.7 Å². The highest BCUT2D eigenvalue weighted by atomic mass is 19.4. The van der Waals surface area contributed by atoms with E-state index in [1.165, 1.54) is 22.9 Å². The first-order valence-corrected chi connectivity index (χ1v) is 7.07. The third-order valence-corrected chi connectivity index (χ3v) is 3.07. The van der Waals surface area contributed by atoms with E-state index in [4.69, 9.17) is 0 Å². The Morgan fingerprint density at radius 1 is 1.12 bits per heavy atom. The monoisotopic (exact) mass is 351 g/mol. The summed E-state index contributed by atoms with van der Waals surface area (Å²) >= 11 is 0. The molecule has 3 aromatic rings. The fraction of sp³-hybridized carbons (Fsp3) is 0.133. The van der Waals surface area contributed by atoms with Crippen molar-refractivity contribution in [1.29, 1.82) is 0 Å². The highest BCUT2D eigenvalue weighted by molar-refractivity contribution is 6.02. The summed E-state index contributed by atoms with van der Waals surface area (Å²) in [5.74, 6) is -0.849. The van der Waals surface area contributed by atoms with Crippen LogP contribution in [0.5, 0.6) is 5.75 Å². The molecule has 2 heterocycles. The number of benzene rings is 1. The molecule has 1 N–H and O–H groups in total. The summed E-state index contributed by atoms with van der Waals surface area (Å²) in [5.41, 5.74) is 0.490. The van der Waals surface area contributed by atoms with E-state index in [2.05, 4.69) is 20.3 Å².